The summed E-state index contributed by atoms with van der Waals surface area (Å²) in [5, 5.41) is 3.62. The minimum atomic E-state index is -3.57. The van der Waals surface area contributed by atoms with Crippen LogP contribution >= 0.6 is 11.6 Å². The van der Waals surface area contributed by atoms with Crippen molar-refractivity contribution in [1.29, 1.82) is 0 Å². The number of Topliss-reactive ketones (excluding diaryl/α,β-unsaturated/α-hetero) is 1. The number of halogens is 1. The first-order valence-corrected chi connectivity index (χ1v) is 9.09. The van der Waals surface area contributed by atoms with E-state index in [1.807, 2.05) is 19.1 Å². The number of anilines is 1. The number of sulfonamides is 1. The Bertz CT molecular complexity index is 864. The normalized spacial score (nSPS) is 11.5. The van der Waals surface area contributed by atoms with Crippen molar-refractivity contribution < 1.29 is 13.2 Å². The van der Waals surface area contributed by atoms with Gasteiger partial charge in [-0.2, -0.15) is 0 Å². The Morgan fingerprint density at radius 1 is 1.17 bits per heavy atom. The van der Waals surface area contributed by atoms with Gasteiger partial charge in [0.1, 0.15) is 0 Å². The van der Waals surface area contributed by atoms with E-state index in [2.05, 4.69) is 5.32 Å². The first-order chi connectivity index (χ1) is 11.2. The minimum Gasteiger partial charge on any atom is -0.378 e. The Labute approximate surface area is 147 Å². The summed E-state index contributed by atoms with van der Waals surface area (Å²) in [7, 11) is -0.665. The summed E-state index contributed by atoms with van der Waals surface area (Å²) in [4.78, 5) is 12.4. The average Bonchev–Trinajstić information content (AvgIpc) is 2.55. The maximum absolute atomic E-state index is 12.3. The van der Waals surface area contributed by atoms with E-state index in [4.69, 9.17) is 11.6 Å². The van der Waals surface area contributed by atoms with Gasteiger partial charge in [-0.05, 0) is 36.8 Å². The highest BCUT2D eigenvalue weighted by molar-refractivity contribution is 7.89. The summed E-state index contributed by atoms with van der Waals surface area (Å²) in [6, 6.07) is 11.5. The fourth-order valence-corrected chi connectivity index (χ4v) is 3.16. The van der Waals surface area contributed by atoms with Gasteiger partial charge in [0.25, 0.3) is 0 Å². The molecular weight excluding hydrogens is 348 g/mol. The van der Waals surface area contributed by atoms with Crippen LogP contribution in [0.15, 0.2) is 47.4 Å². The molecule has 0 spiro atoms. The minimum absolute atomic E-state index is 0.0465. The van der Waals surface area contributed by atoms with Gasteiger partial charge in [-0.1, -0.05) is 29.8 Å². The van der Waals surface area contributed by atoms with Gasteiger partial charge in [0.15, 0.2) is 5.78 Å². The molecule has 0 saturated heterocycles. The Morgan fingerprint density at radius 2 is 1.88 bits per heavy atom. The molecule has 24 heavy (non-hydrogen) atoms. The van der Waals surface area contributed by atoms with Crippen molar-refractivity contribution in [2.24, 2.45) is 0 Å². The first kappa shape index (κ1) is 18.4. The number of rotatable bonds is 6. The summed E-state index contributed by atoms with van der Waals surface area (Å²) in [6.45, 7) is 1.94. The van der Waals surface area contributed by atoms with Gasteiger partial charge in [0, 0.05) is 30.4 Å². The van der Waals surface area contributed by atoms with E-state index < -0.39 is 10.0 Å². The lowest BCUT2D eigenvalue weighted by molar-refractivity contribution is 0.101. The van der Waals surface area contributed by atoms with Crippen molar-refractivity contribution >= 4 is 33.1 Å². The number of nitrogens with zero attached hydrogens (tertiary/aromatic N) is 1. The van der Waals surface area contributed by atoms with Crippen molar-refractivity contribution in [3.8, 4) is 0 Å². The Hall–Kier alpha value is -1.89. The predicted molar refractivity (Wildman–Crippen MR) is 96.3 cm³/mol. The maximum atomic E-state index is 12.3. The largest absolute Gasteiger partial charge is 0.378 e. The van der Waals surface area contributed by atoms with Crippen LogP contribution in [0, 0.1) is 6.92 Å². The standard InChI is InChI=1S/C17H19ClN2O3S/c1-12-7-8-14(10-16(12)18)19-11-17(21)13-5-4-6-15(9-13)24(22,23)20(2)3/h4-10,19H,11H2,1-3H3. The van der Waals surface area contributed by atoms with E-state index in [-0.39, 0.29) is 17.2 Å². The highest BCUT2D eigenvalue weighted by Crippen LogP contribution is 2.20. The molecule has 7 heteroatoms. The second kappa shape index (κ2) is 7.34. The van der Waals surface area contributed by atoms with Gasteiger partial charge in [-0.25, -0.2) is 12.7 Å². The summed E-state index contributed by atoms with van der Waals surface area (Å²) < 4.78 is 25.4. The fourth-order valence-electron chi connectivity index (χ4n) is 2.03. The lowest BCUT2D eigenvalue weighted by atomic mass is 10.1. The lowest BCUT2D eigenvalue weighted by Crippen LogP contribution is -2.22. The summed E-state index contributed by atoms with van der Waals surface area (Å²) >= 11 is 6.05. The number of aryl methyl sites for hydroxylation is 1. The second-order valence-electron chi connectivity index (χ2n) is 5.56. The number of carbonyl (C=O) groups excluding carboxylic acids is 1. The molecule has 2 rings (SSSR count). The van der Waals surface area contributed by atoms with Gasteiger partial charge in [0.05, 0.1) is 11.4 Å². The van der Waals surface area contributed by atoms with Crippen LogP contribution in [-0.4, -0.2) is 39.1 Å². The molecule has 5 nitrogen and oxygen atoms in total. The predicted octanol–water partition coefficient (Wildman–Crippen LogP) is 3.19. The Morgan fingerprint density at radius 3 is 2.50 bits per heavy atom. The molecule has 2 aromatic carbocycles. The zero-order valence-electron chi connectivity index (χ0n) is 13.7. The smallest absolute Gasteiger partial charge is 0.242 e. The van der Waals surface area contributed by atoms with Crippen LogP contribution in [-0.2, 0) is 10.0 Å². The molecule has 0 bridgehead atoms. The summed E-state index contributed by atoms with van der Waals surface area (Å²) in [5.74, 6) is -0.206. The molecule has 0 aliphatic carbocycles. The van der Waals surface area contributed by atoms with Gasteiger partial charge >= 0.3 is 0 Å². The average molecular weight is 367 g/mol. The topological polar surface area (TPSA) is 66.5 Å². The van der Waals surface area contributed by atoms with E-state index in [9.17, 15) is 13.2 Å². The van der Waals surface area contributed by atoms with Crippen LogP contribution in [0.25, 0.3) is 0 Å². The van der Waals surface area contributed by atoms with E-state index in [0.717, 1.165) is 15.6 Å². The summed E-state index contributed by atoms with van der Waals surface area (Å²) in [5.41, 5.74) is 2.02. The van der Waals surface area contributed by atoms with Gasteiger partial charge in [-0.15, -0.1) is 0 Å². The molecule has 0 heterocycles. The SMILES string of the molecule is Cc1ccc(NCC(=O)c2cccc(S(=O)(=O)N(C)C)c2)cc1Cl. The number of carbonyl (C=O) groups is 1. The fraction of sp³-hybridized carbons (Fsp3) is 0.235. The Balaban J connectivity index is 2.14. The van der Waals surface area contributed by atoms with Crippen LogP contribution in [0.4, 0.5) is 5.69 Å². The molecule has 2 aromatic rings. The highest BCUT2D eigenvalue weighted by Gasteiger charge is 2.18. The number of nitrogens with one attached hydrogen (secondary N) is 1. The van der Waals surface area contributed by atoms with Crippen molar-refractivity contribution in [3.63, 3.8) is 0 Å². The lowest BCUT2D eigenvalue weighted by Gasteiger charge is -2.12. The van der Waals surface area contributed by atoms with E-state index in [0.29, 0.717) is 10.6 Å². The quantitative estimate of drug-likeness (QED) is 0.797. The van der Waals surface area contributed by atoms with Crippen LogP contribution in [0.1, 0.15) is 15.9 Å². The third-order valence-electron chi connectivity index (χ3n) is 3.56. The number of hydrogen-bond acceptors (Lipinski definition) is 4. The van der Waals surface area contributed by atoms with E-state index >= 15 is 0 Å². The maximum Gasteiger partial charge on any atom is 0.242 e. The zero-order valence-corrected chi connectivity index (χ0v) is 15.3. The van der Waals surface area contributed by atoms with E-state index in [1.165, 1.54) is 26.2 Å². The first-order valence-electron chi connectivity index (χ1n) is 7.27. The molecule has 0 fully saturated rings. The van der Waals surface area contributed by atoms with Crippen molar-refractivity contribution in [3.05, 3.63) is 58.6 Å². The highest BCUT2D eigenvalue weighted by atomic mass is 35.5. The van der Waals surface area contributed by atoms with Crippen LogP contribution in [0.5, 0.6) is 0 Å². The van der Waals surface area contributed by atoms with Crippen molar-refractivity contribution in [1.82, 2.24) is 4.31 Å². The second-order valence-corrected chi connectivity index (χ2v) is 8.11. The molecule has 0 aliphatic heterocycles. The molecule has 1 N–H and O–H groups in total. The van der Waals surface area contributed by atoms with Crippen molar-refractivity contribution in [2.75, 3.05) is 26.0 Å². The molecule has 0 radical (unpaired) electrons. The molecular formula is C17H19ClN2O3S. The van der Waals surface area contributed by atoms with Crippen LogP contribution in [0.2, 0.25) is 5.02 Å². The third kappa shape index (κ3) is 4.14. The Kier molecular flexibility index (Phi) is 5.64. The van der Waals surface area contributed by atoms with E-state index in [1.54, 1.807) is 18.2 Å². The molecule has 0 saturated carbocycles. The molecule has 0 amide bonds. The summed E-state index contributed by atoms with van der Waals surface area (Å²) in [6.07, 6.45) is 0. The van der Waals surface area contributed by atoms with Crippen LogP contribution < -0.4 is 5.32 Å². The number of hydrogen-bond donors (Lipinski definition) is 1. The molecule has 0 aliphatic rings. The third-order valence-corrected chi connectivity index (χ3v) is 5.78. The molecule has 0 atom stereocenters. The number of benzene rings is 2. The zero-order chi connectivity index (χ0) is 17.9. The van der Waals surface area contributed by atoms with Crippen molar-refractivity contribution in [2.45, 2.75) is 11.8 Å². The van der Waals surface area contributed by atoms with Gasteiger partial charge in [-0.3, -0.25) is 4.79 Å². The van der Waals surface area contributed by atoms with Gasteiger partial charge in [0.2, 0.25) is 10.0 Å². The van der Waals surface area contributed by atoms with Crippen LogP contribution in [0.3, 0.4) is 0 Å². The van der Waals surface area contributed by atoms with Gasteiger partial charge < -0.3 is 5.32 Å². The molecule has 0 aromatic heterocycles. The number of ketones is 1. The molecule has 0 unspecified atom stereocenters. The molecule has 128 valence electrons. The monoisotopic (exact) mass is 366 g/mol.